The summed E-state index contributed by atoms with van der Waals surface area (Å²) >= 11 is 0. The van der Waals surface area contributed by atoms with Gasteiger partial charge in [-0.3, -0.25) is 9.59 Å². The fourth-order valence-electron chi connectivity index (χ4n) is 4.74. The molecule has 35 heavy (non-hydrogen) atoms. The Balaban J connectivity index is 1.26. The summed E-state index contributed by atoms with van der Waals surface area (Å²) in [6.07, 6.45) is 6.32. The molecular formula is C27H34N4O4. The first kappa shape index (κ1) is 24.6. The molecule has 2 aliphatic rings. The van der Waals surface area contributed by atoms with Crippen molar-refractivity contribution in [2.24, 2.45) is 5.73 Å². The smallest absolute Gasteiger partial charge is 0.317 e. The van der Waals surface area contributed by atoms with Crippen molar-refractivity contribution in [3.8, 4) is 5.75 Å². The van der Waals surface area contributed by atoms with Crippen LogP contribution in [0.25, 0.3) is 0 Å². The molecule has 0 radical (unpaired) electrons. The molecule has 2 aromatic rings. The molecule has 0 bridgehead atoms. The number of benzene rings is 2. The van der Waals surface area contributed by atoms with Gasteiger partial charge in [-0.25, -0.2) is 4.79 Å². The van der Waals surface area contributed by atoms with Gasteiger partial charge in [-0.15, -0.1) is 0 Å². The maximum absolute atomic E-state index is 13.1. The van der Waals surface area contributed by atoms with Gasteiger partial charge in [-0.1, -0.05) is 43.5 Å². The minimum absolute atomic E-state index is 0.0103. The summed E-state index contributed by atoms with van der Waals surface area (Å²) in [5.74, 6) is -0.100. The molecule has 0 aromatic heterocycles. The van der Waals surface area contributed by atoms with Crippen LogP contribution in [0.4, 0.5) is 4.79 Å². The van der Waals surface area contributed by atoms with Gasteiger partial charge in [-0.05, 0) is 42.7 Å². The van der Waals surface area contributed by atoms with Crippen molar-refractivity contribution >= 4 is 17.8 Å². The number of ether oxygens (including phenoxy) is 1. The van der Waals surface area contributed by atoms with Crippen LogP contribution in [0.3, 0.4) is 0 Å². The van der Waals surface area contributed by atoms with Crippen LogP contribution in [0.1, 0.15) is 58.4 Å². The summed E-state index contributed by atoms with van der Waals surface area (Å²) in [6, 6.07) is 14.7. The molecular weight excluding hydrogens is 444 g/mol. The number of carbonyl (C=O) groups is 3. The van der Waals surface area contributed by atoms with Gasteiger partial charge in [0, 0.05) is 44.2 Å². The summed E-state index contributed by atoms with van der Waals surface area (Å²) < 4.78 is 5.77. The highest BCUT2D eigenvalue weighted by Gasteiger charge is 2.26. The van der Waals surface area contributed by atoms with E-state index in [1.54, 1.807) is 24.3 Å². The summed E-state index contributed by atoms with van der Waals surface area (Å²) in [5.41, 5.74) is 7.35. The molecule has 1 aliphatic carbocycles. The Labute approximate surface area is 206 Å². The zero-order valence-electron chi connectivity index (χ0n) is 20.1. The third-order valence-electron chi connectivity index (χ3n) is 6.76. The number of nitrogens with one attached hydrogen (secondary N) is 1. The molecule has 1 aliphatic heterocycles. The molecule has 8 nitrogen and oxygen atoms in total. The van der Waals surface area contributed by atoms with Crippen molar-refractivity contribution < 1.29 is 19.1 Å². The van der Waals surface area contributed by atoms with E-state index in [-0.39, 0.29) is 18.0 Å². The Kier molecular flexibility index (Phi) is 8.23. The quantitative estimate of drug-likeness (QED) is 0.638. The molecule has 4 amide bonds. The van der Waals surface area contributed by atoms with Crippen LogP contribution in [0, 0.1) is 0 Å². The van der Waals surface area contributed by atoms with Gasteiger partial charge in [-0.2, -0.15) is 0 Å². The van der Waals surface area contributed by atoms with Crippen molar-refractivity contribution in [2.45, 2.75) is 44.6 Å². The fraction of sp³-hybridized carbons (Fsp3) is 0.444. The lowest BCUT2D eigenvalue weighted by Crippen LogP contribution is -2.54. The summed E-state index contributed by atoms with van der Waals surface area (Å²) in [6.45, 7) is 2.48. The highest BCUT2D eigenvalue weighted by molar-refractivity contribution is 5.95. The Morgan fingerprint density at radius 3 is 2.37 bits per heavy atom. The molecule has 1 heterocycles. The van der Waals surface area contributed by atoms with Crippen LogP contribution in [0.2, 0.25) is 0 Å². The highest BCUT2D eigenvalue weighted by Crippen LogP contribution is 2.19. The van der Waals surface area contributed by atoms with Crippen molar-refractivity contribution in [2.75, 3.05) is 32.8 Å². The Morgan fingerprint density at radius 2 is 1.63 bits per heavy atom. The maximum Gasteiger partial charge on any atom is 0.317 e. The second kappa shape index (κ2) is 11.7. The predicted molar refractivity (Wildman–Crippen MR) is 133 cm³/mol. The van der Waals surface area contributed by atoms with E-state index in [2.05, 4.69) is 5.32 Å². The minimum Gasteiger partial charge on any atom is -0.492 e. The lowest BCUT2D eigenvalue weighted by atomic mass is 9.96. The van der Waals surface area contributed by atoms with E-state index in [0.717, 1.165) is 18.4 Å². The summed E-state index contributed by atoms with van der Waals surface area (Å²) in [4.78, 5) is 40.8. The van der Waals surface area contributed by atoms with E-state index < -0.39 is 5.91 Å². The van der Waals surface area contributed by atoms with Gasteiger partial charge in [0.15, 0.2) is 0 Å². The number of hydrogen-bond acceptors (Lipinski definition) is 4. The number of amides is 4. The van der Waals surface area contributed by atoms with E-state index in [4.69, 9.17) is 10.5 Å². The van der Waals surface area contributed by atoms with Gasteiger partial charge in [0.05, 0.1) is 12.2 Å². The topological polar surface area (TPSA) is 105 Å². The summed E-state index contributed by atoms with van der Waals surface area (Å²) in [7, 11) is 0. The van der Waals surface area contributed by atoms with E-state index in [9.17, 15) is 14.4 Å². The third-order valence-corrected chi connectivity index (χ3v) is 6.76. The van der Waals surface area contributed by atoms with Gasteiger partial charge in [0.25, 0.3) is 11.8 Å². The number of piperazine rings is 1. The third kappa shape index (κ3) is 6.53. The molecule has 2 aromatic carbocycles. The van der Waals surface area contributed by atoms with E-state index in [0.29, 0.717) is 56.1 Å². The van der Waals surface area contributed by atoms with Crippen LogP contribution in [-0.4, -0.2) is 66.5 Å². The first-order valence-corrected chi connectivity index (χ1v) is 12.5. The predicted octanol–water partition coefficient (Wildman–Crippen LogP) is 3.21. The van der Waals surface area contributed by atoms with Crippen molar-refractivity contribution in [1.82, 2.24) is 15.1 Å². The zero-order valence-corrected chi connectivity index (χ0v) is 20.1. The molecule has 1 saturated heterocycles. The first-order valence-electron chi connectivity index (χ1n) is 12.5. The largest absolute Gasteiger partial charge is 0.492 e. The van der Waals surface area contributed by atoms with Crippen LogP contribution in [0.15, 0.2) is 48.5 Å². The lowest BCUT2D eigenvalue weighted by molar-refractivity contribution is 0.0662. The molecule has 2 fully saturated rings. The molecule has 0 unspecified atom stereocenters. The SMILES string of the molecule is NC(=O)c1ccccc1OCCc1cccc(C(=O)N2CCN(C(=O)NC3CCCCC3)CC2)c1. The Bertz CT molecular complexity index is 1040. The minimum atomic E-state index is -0.528. The van der Waals surface area contributed by atoms with Crippen molar-refractivity contribution in [3.05, 3.63) is 65.2 Å². The monoisotopic (exact) mass is 478 g/mol. The Morgan fingerprint density at radius 1 is 0.914 bits per heavy atom. The molecule has 186 valence electrons. The van der Waals surface area contributed by atoms with E-state index in [1.165, 1.54) is 19.3 Å². The number of primary amides is 1. The number of nitrogens with two attached hydrogens (primary N) is 1. The standard InChI is InChI=1S/C27H34N4O4/c28-25(32)23-11-4-5-12-24(23)35-18-13-20-7-6-8-21(19-20)26(33)30-14-16-31(17-15-30)27(34)29-22-9-2-1-3-10-22/h4-8,11-12,19,22H,1-3,9-10,13-18H2,(H2,28,32)(H,29,34). The number of para-hydroxylation sites is 1. The highest BCUT2D eigenvalue weighted by atomic mass is 16.5. The molecule has 4 rings (SSSR count). The van der Waals surface area contributed by atoms with Gasteiger partial charge in [0.2, 0.25) is 0 Å². The average Bonchev–Trinajstić information content (AvgIpc) is 2.89. The van der Waals surface area contributed by atoms with E-state index in [1.807, 2.05) is 34.1 Å². The zero-order chi connectivity index (χ0) is 24.6. The molecule has 3 N–H and O–H groups in total. The molecule has 1 saturated carbocycles. The second-order valence-electron chi connectivity index (χ2n) is 9.22. The van der Waals surface area contributed by atoms with Gasteiger partial charge >= 0.3 is 6.03 Å². The second-order valence-corrected chi connectivity index (χ2v) is 9.22. The van der Waals surface area contributed by atoms with Gasteiger partial charge < -0.3 is 25.6 Å². The van der Waals surface area contributed by atoms with E-state index >= 15 is 0 Å². The summed E-state index contributed by atoms with van der Waals surface area (Å²) in [5, 5.41) is 3.16. The molecule has 0 atom stereocenters. The normalized spacial score (nSPS) is 16.6. The molecule has 0 spiro atoms. The average molecular weight is 479 g/mol. The van der Waals surface area contributed by atoms with Gasteiger partial charge in [0.1, 0.15) is 5.75 Å². The van der Waals surface area contributed by atoms with Crippen LogP contribution in [0.5, 0.6) is 5.75 Å². The number of urea groups is 1. The Hall–Kier alpha value is -3.55. The lowest BCUT2D eigenvalue weighted by Gasteiger charge is -2.36. The number of nitrogens with zero attached hydrogens (tertiary/aromatic N) is 2. The number of carbonyl (C=O) groups excluding carboxylic acids is 3. The van der Waals surface area contributed by atoms with Crippen LogP contribution in [-0.2, 0) is 6.42 Å². The number of hydrogen-bond donors (Lipinski definition) is 2. The molecule has 8 heteroatoms. The number of rotatable bonds is 7. The maximum atomic E-state index is 13.1. The van der Waals surface area contributed by atoms with Crippen LogP contribution >= 0.6 is 0 Å². The fourth-order valence-corrected chi connectivity index (χ4v) is 4.74. The van der Waals surface area contributed by atoms with Crippen LogP contribution < -0.4 is 15.8 Å². The van der Waals surface area contributed by atoms with Crippen molar-refractivity contribution in [3.63, 3.8) is 0 Å². The first-order chi connectivity index (χ1) is 17.0. The van der Waals surface area contributed by atoms with Crippen molar-refractivity contribution in [1.29, 1.82) is 0 Å².